The molecule has 1 aromatic carbocycles. The third-order valence-corrected chi connectivity index (χ3v) is 4.60. The van der Waals surface area contributed by atoms with Gasteiger partial charge in [-0.1, -0.05) is 29.3 Å². The fourth-order valence-electron chi connectivity index (χ4n) is 1.56. The Morgan fingerprint density at radius 2 is 1.95 bits per heavy atom. The summed E-state index contributed by atoms with van der Waals surface area (Å²) in [4.78, 5) is 28.9. The molecule has 0 aliphatic rings. The second-order valence-electron chi connectivity index (χ2n) is 3.84. The van der Waals surface area contributed by atoms with Gasteiger partial charge in [0.2, 0.25) is 6.41 Å². The lowest BCUT2D eigenvalue weighted by molar-refractivity contribution is -0.149. The maximum Gasteiger partial charge on any atom is 0.333 e. The molecule has 0 bridgehead atoms. The molecule has 0 saturated heterocycles. The summed E-state index contributed by atoms with van der Waals surface area (Å²) in [5.41, 5.74) is -0.876. The van der Waals surface area contributed by atoms with Crippen molar-refractivity contribution in [3.63, 3.8) is 0 Å². The summed E-state index contributed by atoms with van der Waals surface area (Å²) >= 11 is 11.5. The summed E-state index contributed by atoms with van der Waals surface area (Å²) in [5, 5.41) is 9.75. The third kappa shape index (κ3) is 4.76. The number of carbonyl (C=O) groups excluding carboxylic acids is 1. The molecule has 1 atom stereocenters. The standard InChI is InChI=1S/C10H12Cl2NO5P/c11-8-2-1-7(5-9(8)12)10(19(16,17)18)3-4-13(15)6-14/h1-2,5-6,10,15H,3-4H2,(H2,16,17,18)/t10-/m0/s1. The normalized spacial score (nSPS) is 13.1. The minimum Gasteiger partial charge on any atom is -0.324 e. The van der Waals surface area contributed by atoms with Crippen LogP contribution in [0.3, 0.4) is 0 Å². The molecule has 0 unspecified atom stereocenters. The first-order chi connectivity index (χ1) is 8.75. The number of hydroxylamine groups is 2. The zero-order valence-corrected chi connectivity index (χ0v) is 12.0. The van der Waals surface area contributed by atoms with Crippen LogP contribution in [0, 0.1) is 0 Å². The largest absolute Gasteiger partial charge is 0.333 e. The van der Waals surface area contributed by atoms with Gasteiger partial charge in [-0.3, -0.25) is 14.6 Å². The second kappa shape index (κ2) is 6.70. The first kappa shape index (κ1) is 16.4. The van der Waals surface area contributed by atoms with Gasteiger partial charge in [-0.15, -0.1) is 0 Å². The summed E-state index contributed by atoms with van der Waals surface area (Å²) in [5.74, 6) is 0. The highest BCUT2D eigenvalue weighted by Gasteiger charge is 2.30. The lowest BCUT2D eigenvalue weighted by Crippen LogP contribution is -2.20. The average Bonchev–Trinajstić information content (AvgIpc) is 2.31. The maximum absolute atomic E-state index is 11.5. The Morgan fingerprint density at radius 1 is 1.32 bits per heavy atom. The summed E-state index contributed by atoms with van der Waals surface area (Å²) < 4.78 is 11.5. The van der Waals surface area contributed by atoms with E-state index in [4.69, 9.17) is 28.4 Å². The van der Waals surface area contributed by atoms with Crippen molar-refractivity contribution in [2.75, 3.05) is 6.54 Å². The van der Waals surface area contributed by atoms with Crippen molar-refractivity contribution in [2.45, 2.75) is 12.1 Å². The Morgan fingerprint density at radius 3 is 2.42 bits per heavy atom. The average molecular weight is 328 g/mol. The summed E-state index contributed by atoms with van der Waals surface area (Å²) in [7, 11) is -4.45. The zero-order valence-electron chi connectivity index (χ0n) is 9.61. The van der Waals surface area contributed by atoms with E-state index in [9.17, 15) is 19.1 Å². The van der Waals surface area contributed by atoms with E-state index >= 15 is 0 Å². The number of hydrogen-bond donors (Lipinski definition) is 3. The summed E-state index contributed by atoms with van der Waals surface area (Å²) in [6.45, 7) is -0.209. The van der Waals surface area contributed by atoms with Gasteiger partial charge >= 0.3 is 7.60 Å². The second-order valence-corrected chi connectivity index (χ2v) is 6.45. The molecule has 1 rings (SSSR count). The van der Waals surface area contributed by atoms with Crippen molar-refractivity contribution >= 4 is 37.2 Å². The lowest BCUT2D eigenvalue weighted by Gasteiger charge is -2.20. The molecule has 9 heteroatoms. The van der Waals surface area contributed by atoms with E-state index in [1.54, 1.807) is 0 Å². The molecule has 6 nitrogen and oxygen atoms in total. The van der Waals surface area contributed by atoms with Gasteiger partial charge in [0, 0.05) is 6.54 Å². The molecule has 0 radical (unpaired) electrons. The topological polar surface area (TPSA) is 98.1 Å². The van der Waals surface area contributed by atoms with Crippen molar-refractivity contribution < 1.29 is 24.4 Å². The number of benzene rings is 1. The van der Waals surface area contributed by atoms with Gasteiger partial charge in [-0.25, -0.2) is 5.06 Å². The SMILES string of the molecule is O=CN(O)CC[C@@H](c1ccc(Cl)c(Cl)c1)P(=O)(O)O. The quantitative estimate of drug-likeness (QED) is 0.322. The first-order valence-corrected chi connectivity index (χ1v) is 7.60. The van der Waals surface area contributed by atoms with Crippen molar-refractivity contribution in [3.8, 4) is 0 Å². The van der Waals surface area contributed by atoms with Crippen molar-refractivity contribution in [1.82, 2.24) is 5.06 Å². The van der Waals surface area contributed by atoms with Crippen LogP contribution in [0.2, 0.25) is 10.0 Å². The minimum absolute atomic E-state index is 0.114. The van der Waals surface area contributed by atoms with Crippen LogP contribution in [0.1, 0.15) is 17.6 Å². The van der Waals surface area contributed by atoms with Gasteiger partial charge < -0.3 is 9.79 Å². The van der Waals surface area contributed by atoms with E-state index in [0.717, 1.165) is 0 Å². The Kier molecular flexibility index (Phi) is 5.80. The van der Waals surface area contributed by atoms with E-state index in [2.05, 4.69) is 0 Å². The number of carbonyl (C=O) groups is 1. The van der Waals surface area contributed by atoms with Crippen LogP contribution in [0.25, 0.3) is 0 Å². The molecule has 0 saturated carbocycles. The van der Waals surface area contributed by atoms with Gasteiger partial charge in [0.05, 0.1) is 15.7 Å². The smallest absolute Gasteiger partial charge is 0.324 e. The number of rotatable bonds is 6. The molecule has 0 heterocycles. The molecular weight excluding hydrogens is 316 g/mol. The molecule has 1 amide bonds. The van der Waals surface area contributed by atoms with Gasteiger partial charge in [-0.05, 0) is 24.1 Å². The molecule has 0 spiro atoms. The van der Waals surface area contributed by atoms with Gasteiger partial charge in [0.1, 0.15) is 0 Å². The fraction of sp³-hybridized carbons (Fsp3) is 0.300. The van der Waals surface area contributed by atoms with Crippen molar-refractivity contribution in [2.24, 2.45) is 0 Å². The number of nitrogens with zero attached hydrogens (tertiary/aromatic N) is 1. The molecular formula is C10H12Cl2NO5P. The lowest BCUT2D eigenvalue weighted by atomic mass is 10.1. The Hall–Kier alpha value is -0.620. The van der Waals surface area contributed by atoms with E-state index < -0.39 is 13.3 Å². The fourth-order valence-corrected chi connectivity index (χ4v) is 2.86. The molecule has 0 aromatic heterocycles. The molecule has 3 N–H and O–H groups in total. The number of halogens is 2. The molecule has 106 valence electrons. The molecule has 0 fully saturated rings. The third-order valence-electron chi connectivity index (χ3n) is 2.49. The number of hydrogen-bond acceptors (Lipinski definition) is 3. The van der Waals surface area contributed by atoms with Crippen LogP contribution in [-0.4, -0.2) is 33.0 Å². The van der Waals surface area contributed by atoms with E-state index in [0.29, 0.717) is 10.6 Å². The van der Waals surface area contributed by atoms with E-state index in [1.807, 2.05) is 0 Å². The maximum atomic E-state index is 11.5. The molecule has 0 aliphatic heterocycles. The van der Waals surface area contributed by atoms with Crippen LogP contribution >= 0.6 is 30.8 Å². The summed E-state index contributed by atoms with van der Waals surface area (Å²) in [6, 6.07) is 4.23. The van der Waals surface area contributed by atoms with Crippen LogP contribution < -0.4 is 0 Å². The van der Waals surface area contributed by atoms with Gasteiger partial charge in [0.15, 0.2) is 0 Å². The predicted octanol–water partition coefficient (Wildman–Crippen LogP) is 2.45. The van der Waals surface area contributed by atoms with Gasteiger partial charge in [-0.2, -0.15) is 0 Å². The monoisotopic (exact) mass is 327 g/mol. The summed E-state index contributed by atoms with van der Waals surface area (Å²) in [6.07, 6.45) is 0.0447. The molecule has 19 heavy (non-hydrogen) atoms. The Balaban J connectivity index is 3.00. The van der Waals surface area contributed by atoms with E-state index in [1.165, 1.54) is 18.2 Å². The van der Waals surface area contributed by atoms with Crippen molar-refractivity contribution in [3.05, 3.63) is 33.8 Å². The van der Waals surface area contributed by atoms with Crippen molar-refractivity contribution in [1.29, 1.82) is 0 Å². The highest BCUT2D eigenvalue weighted by atomic mass is 35.5. The minimum atomic E-state index is -4.45. The predicted molar refractivity (Wildman–Crippen MR) is 70.4 cm³/mol. The van der Waals surface area contributed by atoms with Crippen LogP contribution in [-0.2, 0) is 9.36 Å². The molecule has 1 aromatic rings. The Bertz CT molecular complexity index is 507. The highest BCUT2D eigenvalue weighted by Crippen LogP contribution is 2.54. The van der Waals surface area contributed by atoms with Crippen LogP contribution in [0.5, 0.6) is 0 Å². The number of amides is 1. The van der Waals surface area contributed by atoms with Crippen LogP contribution in [0.15, 0.2) is 18.2 Å². The first-order valence-electron chi connectivity index (χ1n) is 5.16. The highest BCUT2D eigenvalue weighted by molar-refractivity contribution is 7.52. The van der Waals surface area contributed by atoms with E-state index in [-0.39, 0.29) is 29.4 Å². The molecule has 0 aliphatic carbocycles. The Labute approximate surface area is 119 Å². The van der Waals surface area contributed by atoms with Crippen LogP contribution in [0.4, 0.5) is 0 Å². The van der Waals surface area contributed by atoms with Gasteiger partial charge in [0.25, 0.3) is 0 Å². The zero-order chi connectivity index (χ0) is 14.6.